The van der Waals surface area contributed by atoms with Crippen molar-refractivity contribution in [1.82, 2.24) is 5.01 Å². The van der Waals surface area contributed by atoms with Gasteiger partial charge in [-0.15, -0.1) is 5.01 Å². The highest BCUT2D eigenvalue weighted by Crippen LogP contribution is 2.39. The Morgan fingerprint density at radius 3 is 2.21 bits per heavy atom. The minimum atomic E-state index is -0.189. The van der Waals surface area contributed by atoms with Crippen LogP contribution in [-0.2, 0) is 9.53 Å². The van der Waals surface area contributed by atoms with E-state index in [0.29, 0.717) is 0 Å². The molecule has 3 aliphatic rings. The van der Waals surface area contributed by atoms with Gasteiger partial charge >= 0.3 is 0 Å². The van der Waals surface area contributed by atoms with Crippen molar-refractivity contribution < 1.29 is 14.2 Å². The molecule has 0 spiro atoms. The first-order chi connectivity index (χ1) is 11.8. The summed E-state index contributed by atoms with van der Waals surface area (Å²) >= 11 is 0. The van der Waals surface area contributed by atoms with Gasteiger partial charge in [0.15, 0.2) is 0 Å². The molecular formula is C20H19N2O2+. The van der Waals surface area contributed by atoms with Crippen LogP contribution in [0, 0.1) is 5.92 Å². The van der Waals surface area contributed by atoms with Crippen molar-refractivity contribution in [3.8, 4) is 11.1 Å². The molecule has 120 valence electrons. The van der Waals surface area contributed by atoms with E-state index in [1.54, 1.807) is 5.01 Å². The fourth-order valence-electron chi connectivity index (χ4n) is 4.29. The summed E-state index contributed by atoms with van der Waals surface area (Å²) in [5.41, 5.74) is 5.89. The van der Waals surface area contributed by atoms with Gasteiger partial charge in [-0.05, 0) is 36.1 Å². The summed E-state index contributed by atoms with van der Waals surface area (Å²) in [6, 6.07) is 16.8. The number of hydrogen-bond acceptors (Lipinski definition) is 2. The number of hydrazine groups is 1. The zero-order valence-corrected chi connectivity index (χ0v) is 13.6. The third-order valence-corrected chi connectivity index (χ3v) is 5.38. The highest BCUT2D eigenvalue weighted by Gasteiger charge is 2.54. The fraction of sp³-hybridized carbons (Fsp3) is 0.300. The van der Waals surface area contributed by atoms with Crippen molar-refractivity contribution in [1.29, 1.82) is 0 Å². The number of rotatable bonds is 0. The summed E-state index contributed by atoms with van der Waals surface area (Å²) in [6.07, 6.45) is 1.67. The summed E-state index contributed by atoms with van der Waals surface area (Å²) in [4.78, 5) is 12.7. The van der Waals surface area contributed by atoms with Crippen LogP contribution in [0.1, 0.15) is 24.0 Å². The van der Waals surface area contributed by atoms with Crippen LogP contribution in [0.15, 0.2) is 48.5 Å². The molecule has 0 radical (unpaired) electrons. The van der Waals surface area contributed by atoms with Crippen LogP contribution in [0.3, 0.4) is 0 Å². The largest absolute Gasteiger partial charge is 0.319 e. The van der Waals surface area contributed by atoms with Gasteiger partial charge in [-0.2, -0.15) is 0 Å². The second-order valence-corrected chi connectivity index (χ2v) is 6.66. The topological polar surface area (TPSA) is 32.6 Å². The SMILES string of the molecule is CN1C(=O)C2CCCOC2[N+]1=C1c2ccccc2-c2ccccc21. The Labute approximate surface area is 141 Å². The lowest BCUT2D eigenvalue weighted by molar-refractivity contribution is -0.714. The number of nitrogens with zero attached hydrogens (tertiary/aromatic N) is 2. The molecule has 2 heterocycles. The molecule has 2 aliphatic heterocycles. The summed E-state index contributed by atoms with van der Waals surface area (Å²) in [7, 11) is 1.86. The lowest BCUT2D eigenvalue weighted by Crippen LogP contribution is -2.39. The molecule has 24 heavy (non-hydrogen) atoms. The molecule has 4 nitrogen and oxygen atoms in total. The Kier molecular flexibility index (Phi) is 2.91. The van der Waals surface area contributed by atoms with Gasteiger partial charge in [0.1, 0.15) is 5.92 Å². The van der Waals surface area contributed by atoms with Gasteiger partial charge in [0.05, 0.1) is 24.8 Å². The molecule has 4 heteroatoms. The molecule has 2 saturated heterocycles. The van der Waals surface area contributed by atoms with Crippen molar-refractivity contribution in [2.75, 3.05) is 13.7 Å². The van der Waals surface area contributed by atoms with Crippen LogP contribution in [0.4, 0.5) is 0 Å². The van der Waals surface area contributed by atoms with Crippen LogP contribution >= 0.6 is 0 Å². The highest BCUT2D eigenvalue weighted by molar-refractivity contribution is 6.22. The molecule has 1 amide bonds. The Hall–Kier alpha value is -2.46. The number of fused-ring (bicyclic) bond motifs is 4. The Bertz CT molecular complexity index is 839. The number of carbonyl (C=O) groups is 1. The van der Waals surface area contributed by atoms with E-state index < -0.39 is 0 Å². The second kappa shape index (κ2) is 5.02. The van der Waals surface area contributed by atoms with Crippen LogP contribution in [0.25, 0.3) is 11.1 Å². The minimum absolute atomic E-state index is 0.0591. The summed E-state index contributed by atoms with van der Waals surface area (Å²) in [6.45, 7) is 0.718. The average molecular weight is 319 g/mol. The third kappa shape index (κ3) is 1.72. The van der Waals surface area contributed by atoms with Crippen molar-refractivity contribution in [2.45, 2.75) is 19.1 Å². The maximum atomic E-state index is 12.7. The van der Waals surface area contributed by atoms with Crippen molar-refractivity contribution in [3.63, 3.8) is 0 Å². The average Bonchev–Trinajstić information content (AvgIpc) is 3.08. The van der Waals surface area contributed by atoms with E-state index in [2.05, 4.69) is 53.2 Å². The van der Waals surface area contributed by atoms with E-state index >= 15 is 0 Å². The van der Waals surface area contributed by atoms with Gasteiger partial charge in [-0.25, -0.2) is 0 Å². The van der Waals surface area contributed by atoms with Crippen LogP contribution in [-0.4, -0.2) is 41.2 Å². The van der Waals surface area contributed by atoms with Gasteiger partial charge in [-0.1, -0.05) is 41.1 Å². The van der Waals surface area contributed by atoms with E-state index in [1.807, 2.05) is 7.05 Å². The summed E-state index contributed by atoms with van der Waals surface area (Å²) in [5.74, 6) is 0.102. The zero-order chi connectivity index (χ0) is 16.3. The number of ether oxygens (including phenoxy) is 1. The first-order valence-corrected chi connectivity index (χ1v) is 8.52. The molecule has 1 aliphatic carbocycles. The van der Waals surface area contributed by atoms with E-state index in [1.165, 1.54) is 22.3 Å². The van der Waals surface area contributed by atoms with Crippen LogP contribution < -0.4 is 0 Å². The number of benzene rings is 2. The minimum Gasteiger partial charge on any atom is -0.319 e. The smallest absolute Gasteiger partial charge is 0.298 e. The first kappa shape index (κ1) is 13.9. The molecule has 2 aromatic carbocycles. The van der Waals surface area contributed by atoms with Crippen LogP contribution in [0.2, 0.25) is 0 Å². The second-order valence-electron chi connectivity index (χ2n) is 6.66. The summed E-state index contributed by atoms with van der Waals surface area (Å²) < 4.78 is 8.12. The Morgan fingerprint density at radius 2 is 1.58 bits per heavy atom. The molecule has 2 fully saturated rings. The molecule has 0 N–H and O–H groups in total. The number of hydrazone groups is 1. The molecule has 2 unspecified atom stereocenters. The van der Waals surface area contributed by atoms with Gasteiger partial charge in [-0.3, -0.25) is 4.79 Å². The fourth-order valence-corrected chi connectivity index (χ4v) is 4.29. The molecule has 0 aromatic heterocycles. The molecule has 2 atom stereocenters. The van der Waals surface area contributed by atoms with E-state index in [0.717, 1.165) is 25.2 Å². The van der Waals surface area contributed by atoms with E-state index in [9.17, 15) is 4.79 Å². The van der Waals surface area contributed by atoms with Gasteiger partial charge < -0.3 is 4.74 Å². The quantitative estimate of drug-likeness (QED) is 0.597. The van der Waals surface area contributed by atoms with Crippen molar-refractivity contribution in [3.05, 3.63) is 59.7 Å². The maximum Gasteiger partial charge on any atom is 0.298 e. The summed E-state index contributed by atoms with van der Waals surface area (Å²) in [5, 5.41) is 1.76. The molecule has 0 saturated carbocycles. The highest BCUT2D eigenvalue weighted by atomic mass is 16.5. The molecule has 0 bridgehead atoms. The molecular weight excluding hydrogens is 300 g/mol. The predicted molar refractivity (Wildman–Crippen MR) is 90.6 cm³/mol. The molecule has 2 aromatic rings. The zero-order valence-electron chi connectivity index (χ0n) is 13.6. The van der Waals surface area contributed by atoms with Gasteiger partial charge in [0, 0.05) is 0 Å². The number of carbonyl (C=O) groups excluding carboxylic acids is 1. The third-order valence-electron chi connectivity index (χ3n) is 5.38. The van der Waals surface area contributed by atoms with E-state index in [4.69, 9.17) is 4.74 Å². The Balaban J connectivity index is 1.82. The number of amides is 1. The lowest BCUT2D eigenvalue weighted by atomic mass is 9.99. The van der Waals surface area contributed by atoms with E-state index in [-0.39, 0.29) is 18.1 Å². The lowest BCUT2D eigenvalue weighted by Gasteiger charge is -2.19. The normalized spacial score (nSPS) is 24.9. The van der Waals surface area contributed by atoms with Gasteiger partial charge in [0.25, 0.3) is 12.1 Å². The van der Waals surface area contributed by atoms with Crippen molar-refractivity contribution in [2.24, 2.45) is 5.92 Å². The predicted octanol–water partition coefficient (Wildman–Crippen LogP) is 2.66. The first-order valence-electron chi connectivity index (χ1n) is 8.52. The van der Waals surface area contributed by atoms with Crippen molar-refractivity contribution >= 4 is 11.6 Å². The van der Waals surface area contributed by atoms with Crippen LogP contribution in [0.5, 0.6) is 0 Å². The number of hydrogen-bond donors (Lipinski definition) is 0. The van der Waals surface area contributed by atoms with Gasteiger partial charge in [0.2, 0.25) is 5.71 Å². The Morgan fingerprint density at radius 1 is 1.00 bits per heavy atom. The maximum absolute atomic E-state index is 12.7. The monoisotopic (exact) mass is 319 g/mol. The molecule has 5 rings (SSSR count). The standard InChI is InChI=1S/C20H19N2O2/c1-21-19(23)17-11-6-12-24-20(17)22(21)18-15-9-4-2-7-13(15)14-8-3-5-10-16(14)18/h2-5,7-10,17,20H,6,11-12H2,1H3/q+1.